The van der Waals surface area contributed by atoms with Crippen LogP contribution in [0.3, 0.4) is 0 Å². The molecule has 0 saturated heterocycles. The SMILES string of the molecule is C=CCOc1ccc(C(=O)Nc2cc(S(=O)(=O)N(CC)CC)cc(C)c2C)cc1. The van der Waals surface area contributed by atoms with E-state index in [9.17, 15) is 13.2 Å². The van der Waals surface area contributed by atoms with Crippen molar-refractivity contribution in [1.29, 1.82) is 0 Å². The fourth-order valence-corrected chi connectivity index (χ4v) is 4.44. The molecule has 2 aromatic rings. The molecule has 156 valence electrons. The van der Waals surface area contributed by atoms with Gasteiger partial charge >= 0.3 is 0 Å². The van der Waals surface area contributed by atoms with Crippen LogP contribution in [-0.4, -0.2) is 38.3 Å². The number of benzene rings is 2. The quantitative estimate of drug-likeness (QED) is 0.623. The maximum Gasteiger partial charge on any atom is 0.255 e. The number of nitrogens with one attached hydrogen (secondary N) is 1. The van der Waals surface area contributed by atoms with Gasteiger partial charge in [0.05, 0.1) is 4.90 Å². The van der Waals surface area contributed by atoms with E-state index in [-0.39, 0.29) is 10.8 Å². The number of carbonyl (C=O) groups is 1. The van der Waals surface area contributed by atoms with E-state index in [0.29, 0.717) is 36.7 Å². The minimum Gasteiger partial charge on any atom is -0.490 e. The summed E-state index contributed by atoms with van der Waals surface area (Å²) in [7, 11) is -3.62. The maximum absolute atomic E-state index is 12.9. The molecule has 0 bridgehead atoms. The monoisotopic (exact) mass is 416 g/mol. The number of sulfonamides is 1. The Kier molecular flexibility index (Phi) is 7.59. The maximum atomic E-state index is 12.9. The van der Waals surface area contributed by atoms with Gasteiger partial charge in [-0.15, -0.1) is 0 Å². The van der Waals surface area contributed by atoms with Gasteiger partial charge in [0.15, 0.2) is 0 Å². The highest BCUT2D eigenvalue weighted by Gasteiger charge is 2.23. The second-order valence-corrected chi connectivity index (χ2v) is 8.52. The summed E-state index contributed by atoms with van der Waals surface area (Å²) in [6.07, 6.45) is 1.64. The number of aryl methyl sites for hydroxylation is 1. The Morgan fingerprint density at radius 2 is 1.76 bits per heavy atom. The molecule has 0 unspecified atom stereocenters. The van der Waals surface area contributed by atoms with E-state index in [2.05, 4.69) is 11.9 Å². The van der Waals surface area contributed by atoms with Gasteiger partial charge in [-0.3, -0.25) is 4.79 Å². The standard InChI is InChI=1S/C22H28N2O4S/c1-6-13-28-19-11-9-18(10-12-19)22(25)23-21-15-20(14-16(4)17(21)5)29(26,27)24(7-2)8-3/h6,9-12,14-15H,1,7-8,13H2,2-5H3,(H,23,25). The topological polar surface area (TPSA) is 75.7 Å². The molecule has 0 heterocycles. The molecular weight excluding hydrogens is 388 g/mol. The lowest BCUT2D eigenvalue weighted by Gasteiger charge is -2.20. The Hall–Kier alpha value is -2.64. The molecule has 0 aliphatic heterocycles. The Bertz CT molecular complexity index is 979. The molecule has 0 aliphatic carbocycles. The molecule has 29 heavy (non-hydrogen) atoms. The zero-order valence-corrected chi connectivity index (χ0v) is 18.2. The van der Waals surface area contributed by atoms with Crippen LogP contribution in [0.5, 0.6) is 5.75 Å². The van der Waals surface area contributed by atoms with Gasteiger partial charge in [0.2, 0.25) is 10.0 Å². The Morgan fingerprint density at radius 1 is 1.14 bits per heavy atom. The smallest absolute Gasteiger partial charge is 0.255 e. The predicted molar refractivity (Wildman–Crippen MR) is 116 cm³/mol. The molecule has 0 spiro atoms. The van der Waals surface area contributed by atoms with E-state index >= 15 is 0 Å². The zero-order valence-electron chi connectivity index (χ0n) is 17.4. The third-order valence-electron chi connectivity index (χ3n) is 4.72. The molecule has 0 aliphatic rings. The van der Waals surface area contributed by atoms with Crippen LogP contribution in [-0.2, 0) is 10.0 Å². The van der Waals surface area contributed by atoms with Crippen LogP contribution in [0.2, 0.25) is 0 Å². The highest BCUT2D eigenvalue weighted by atomic mass is 32.2. The number of carbonyl (C=O) groups excluding carboxylic acids is 1. The molecule has 7 heteroatoms. The van der Waals surface area contributed by atoms with Gasteiger partial charge in [0, 0.05) is 24.3 Å². The summed E-state index contributed by atoms with van der Waals surface area (Å²) >= 11 is 0. The predicted octanol–water partition coefficient (Wildman–Crippen LogP) is 4.15. The fourth-order valence-electron chi connectivity index (χ4n) is 2.87. The van der Waals surface area contributed by atoms with E-state index in [4.69, 9.17) is 4.74 Å². The van der Waals surface area contributed by atoms with Crippen molar-refractivity contribution in [3.8, 4) is 5.75 Å². The minimum absolute atomic E-state index is 0.174. The second kappa shape index (κ2) is 9.71. The number of anilines is 1. The lowest BCUT2D eigenvalue weighted by atomic mass is 10.1. The van der Waals surface area contributed by atoms with Crippen LogP contribution >= 0.6 is 0 Å². The number of ether oxygens (including phenoxy) is 1. The first-order valence-corrected chi connectivity index (χ1v) is 10.9. The minimum atomic E-state index is -3.62. The molecule has 1 N–H and O–H groups in total. The number of hydrogen-bond donors (Lipinski definition) is 1. The highest BCUT2D eigenvalue weighted by molar-refractivity contribution is 7.89. The molecular formula is C22H28N2O4S. The van der Waals surface area contributed by atoms with Gasteiger partial charge in [-0.2, -0.15) is 4.31 Å². The van der Waals surface area contributed by atoms with Crippen molar-refractivity contribution in [2.45, 2.75) is 32.6 Å². The molecule has 0 radical (unpaired) electrons. The number of nitrogens with zero attached hydrogens (tertiary/aromatic N) is 1. The summed E-state index contributed by atoms with van der Waals surface area (Å²) in [5.41, 5.74) is 2.54. The van der Waals surface area contributed by atoms with Crippen LogP contribution in [0.15, 0.2) is 53.9 Å². The van der Waals surface area contributed by atoms with Crippen LogP contribution in [0.1, 0.15) is 35.3 Å². The van der Waals surface area contributed by atoms with Crippen molar-refractivity contribution < 1.29 is 17.9 Å². The summed E-state index contributed by atoms with van der Waals surface area (Å²) in [6.45, 7) is 12.0. The van der Waals surface area contributed by atoms with E-state index < -0.39 is 10.0 Å². The highest BCUT2D eigenvalue weighted by Crippen LogP contribution is 2.27. The van der Waals surface area contributed by atoms with Crippen LogP contribution in [0.25, 0.3) is 0 Å². The third-order valence-corrected chi connectivity index (χ3v) is 6.74. The van der Waals surface area contributed by atoms with Crippen molar-refractivity contribution in [2.75, 3.05) is 25.0 Å². The molecule has 0 aromatic heterocycles. The van der Waals surface area contributed by atoms with Crippen molar-refractivity contribution in [1.82, 2.24) is 4.31 Å². The Balaban J connectivity index is 2.31. The second-order valence-electron chi connectivity index (χ2n) is 6.58. The average Bonchev–Trinajstić information content (AvgIpc) is 2.70. The van der Waals surface area contributed by atoms with Crippen molar-refractivity contribution in [3.05, 3.63) is 65.7 Å². The van der Waals surface area contributed by atoms with Gasteiger partial charge < -0.3 is 10.1 Å². The molecule has 0 fully saturated rings. The molecule has 6 nitrogen and oxygen atoms in total. The number of amides is 1. The first-order valence-electron chi connectivity index (χ1n) is 9.51. The summed E-state index contributed by atoms with van der Waals surface area (Å²) in [6, 6.07) is 9.90. The first kappa shape index (κ1) is 22.6. The average molecular weight is 417 g/mol. The fraction of sp³-hybridized carbons (Fsp3) is 0.318. The number of hydrogen-bond acceptors (Lipinski definition) is 4. The summed E-state index contributed by atoms with van der Waals surface area (Å²) in [5, 5.41) is 2.84. The van der Waals surface area contributed by atoms with E-state index in [1.54, 1.807) is 50.3 Å². The van der Waals surface area contributed by atoms with E-state index in [0.717, 1.165) is 11.1 Å². The van der Waals surface area contributed by atoms with Crippen LogP contribution < -0.4 is 10.1 Å². The summed E-state index contributed by atoms with van der Waals surface area (Å²) in [5.74, 6) is 0.320. The van der Waals surface area contributed by atoms with Crippen LogP contribution in [0, 0.1) is 13.8 Å². The van der Waals surface area contributed by atoms with Gasteiger partial charge in [-0.05, 0) is 61.4 Å². The molecule has 0 saturated carbocycles. The van der Waals surface area contributed by atoms with Crippen molar-refractivity contribution >= 4 is 21.6 Å². The summed E-state index contributed by atoms with van der Waals surface area (Å²) in [4.78, 5) is 12.9. The molecule has 0 atom stereocenters. The third kappa shape index (κ3) is 5.25. The van der Waals surface area contributed by atoms with Gasteiger partial charge in [0.25, 0.3) is 5.91 Å². The Morgan fingerprint density at radius 3 is 2.31 bits per heavy atom. The Labute approximate surface area is 173 Å². The van der Waals surface area contributed by atoms with Gasteiger partial charge in [-0.25, -0.2) is 8.42 Å². The summed E-state index contributed by atoms with van der Waals surface area (Å²) < 4.78 is 32.6. The van der Waals surface area contributed by atoms with E-state index in [1.807, 2.05) is 13.8 Å². The lowest BCUT2D eigenvalue weighted by Crippen LogP contribution is -2.30. The zero-order chi connectivity index (χ0) is 21.6. The molecule has 2 rings (SSSR count). The van der Waals surface area contributed by atoms with Crippen molar-refractivity contribution in [2.24, 2.45) is 0 Å². The van der Waals surface area contributed by atoms with Gasteiger partial charge in [-0.1, -0.05) is 26.5 Å². The largest absolute Gasteiger partial charge is 0.490 e. The first-order chi connectivity index (χ1) is 13.7. The number of rotatable bonds is 9. The lowest BCUT2D eigenvalue weighted by molar-refractivity contribution is 0.102. The molecule has 1 amide bonds. The van der Waals surface area contributed by atoms with Gasteiger partial charge in [0.1, 0.15) is 12.4 Å². The normalized spacial score (nSPS) is 11.3. The van der Waals surface area contributed by atoms with E-state index in [1.165, 1.54) is 10.4 Å². The van der Waals surface area contributed by atoms with Crippen LogP contribution in [0.4, 0.5) is 5.69 Å². The molecule has 2 aromatic carbocycles. The van der Waals surface area contributed by atoms with Crippen molar-refractivity contribution in [3.63, 3.8) is 0 Å².